The molecule has 8 nitrogen and oxygen atoms in total. The Morgan fingerprint density at radius 1 is 0.290 bits per heavy atom. The third-order valence-corrected chi connectivity index (χ3v) is 11.4. The Kier molecular flexibility index (Phi) is 8.62. The third kappa shape index (κ3) is 5.87. The molecule has 0 N–H and O–H groups in total. The van der Waals surface area contributed by atoms with E-state index >= 15 is 0 Å². The third-order valence-electron chi connectivity index (χ3n) is 11.4. The quantitative estimate of drug-likeness (QED) is 0.169. The van der Waals surface area contributed by atoms with Gasteiger partial charge in [0, 0.05) is 27.1 Å². The molecule has 8 aromatic carbocycles. The zero-order valence-corrected chi connectivity index (χ0v) is 32.6. The van der Waals surface area contributed by atoms with E-state index in [4.69, 9.17) is 0 Å². The zero-order chi connectivity index (χ0) is 42.5. The maximum atomic E-state index is 11.1. The van der Waals surface area contributed by atoms with Gasteiger partial charge in [-0.2, -0.15) is 31.6 Å². The van der Waals surface area contributed by atoms with Crippen molar-refractivity contribution < 1.29 is 0 Å². The van der Waals surface area contributed by atoms with Crippen molar-refractivity contribution in [1.29, 1.82) is 31.6 Å². The lowest BCUT2D eigenvalue weighted by Gasteiger charge is -2.19. The molecule has 0 bridgehead atoms. The van der Waals surface area contributed by atoms with Gasteiger partial charge in [0.15, 0.2) is 0 Å². The standard InChI is InChI=1S/C54H26N8/c55-27-33-6-5-7-40(18-33)46-26-53(61-49-10-3-1-8-44(49)47-23-38(12-14-51(47)61)41-19-34(28-56)16-35(20-41)29-57)43(32-60)25-54(46)62-50-11-4-2-9-45(50)48-24-39(13-15-52(48)62)42-21-36(30-58)17-37(22-42)31-59/h1-26H. The summed E-state index contributed by atoms with van der Waals surface area (Å²) in [5, 5.41) is 63.8. The maximum absolute atomic E-state index is 11.1. The highest BCUT2D eigenvalue weighted by Crippen LogP contribution is 2.42. The van der Waals surface area contributed by atoms with Crippen LogP contribution >= 0.6 is 0 Å². The summed E-state index contributed by atoms with van der Waals surface area (Å²) in [7, 11) is 0. The van der Waals surface area contributed by atoms with Gasteiger partial charge in [0.25, 0.3) is 0 Å². The highest BCUT2D eigenvalue weighted by molar-refractivity contribution is 6.12. The first-order chi connectivity index (χ1) is 30.4. The normalized spacial score (nSPS) is 10.8. The van der Waals surface area contributed by atoms with Crippen LogP contribution in [0.5, 0.6) is 0 Å². The molecule has 62 heavy (non-hydrogen) atoms. The number of hydrogen-bond donors (Lipinski definition) is 0. The zero-order valence-electron chi connectivity index (χ0n) is 32.6. The van der Waals surface area contributed by atoms with Gasteiger partial charge in [-0.05, 0) is 125 Å². The Labute approximate surface area is 355 Å². The summed E-state index contributed by atoms with van der Waals surface area (Å²) in [6.45, 7) is 0. The monoisotopic (exact) mass is 786 g/mol. The molecule has 0 aliphatic carbocycles. The van der Waals surface area contributed by atoms with Crippen molar-refractivity contribution in [3.63, 3.8) is 0 Å². The van der Waals surface area contributed by atoms with Gasteiger partial charge < -0.3 is 9.13 Å². The lowest BCUT2D eigenvalue weighted by atomic mass is 9.97. The Morgan fingerprint density at radius 2 is 0.742 bits per heavy atom. The van der Waals surface area contributed by atoms with Crippen molar-refractivity contribution >= 4 is 43.6 Å². The summed E-state index contributed by atoms with van der Waals surface area (Å²) < 4.78 is 4.26. The number of rotatable bonds is 5. The molecule has 10 aromatic rings. The minimum Gasteiger partial charge on any atom is -0.309 e. The fourth-order valence-electron chi connectivity index (χ4n) is 8.69. The Bertz CT molecular complexity index is 3770. The van der Waals surface area contributed by atoms with E-state index < -0.39 is 0 Å². The van der Waals surface area contributed by atoms with Crippen LogP contribution in [-0.2, 0) is 0 Å². The van der Waals surface area contributed by atoms with E-state index in [0.717, 1.165) is 82.7 Å². The molecule has 0 saturated heterocycles. The molecule has 2 heterocycles. The van der Waals surface area contributed by atoms with Crippen molar-refractivity contribution in [2.75, 3.05) is 0 Å². The molecule has 0 aliphatic rings. The number of nitriles is 6. The molecule has 0 atom stereocenters. The largest absolute Gasteiger partial charge is 0.309 e. The fourth-order valence-corrected chi connectivity index (χ4v) is 8.69. The molecule has 0 radical (unpaired) electrons. The van der Waals surface area contributed by atoms with Crippen LogP contribution < -0.4 is 0 Å². The first-order valence-electron chi connectivity index (χ1n) is 19.5. The molecule has 8 heteroatoms. The van der Waals surface area contributed by atoms with Gasteiger partial charge in [-0.3, -0.25) is 0 Å². The number of fused-ring (bicyclic) bond motifs is 6. The Hall–Kier alpha value is -9.70. The van der Waals surface area contributed by atoms with Crippen molar-refractivity contribution in [1.82, 2.24) is 9.13 Å². The molecule has 10 rings (SSSR count). The highest BCUT2D eigenvalue weighted by atomic mass is 15.0. The van der Waals surface area contributed by atoms with Crippen LogP contribution in [0.1, 0.15) is 33.4 Å². The van der Waals surface area contributed by atoms with Crippen LogP contribution in [0.25, 0.3) is 88.4 Å². The van der Waals surface area contributed by atoms with Gasteiger partial charge in [0.2, 0.25) is 0 Å². The van der Waals surface area contributed by atoms with Crippen LogP contribution in [0.2, 0.25) is 0 Å². The Balaban J connectivity index is 1.25. The molecular weight excluding hydrogens is 761 g/mol. The lowest BCUT2D eigenvalue weighted by molar-refractivity contribution is 1.14. The Morgan fingerprint density at radius 3 is 1.23 bits per heavy atom. The van der Waals surface area contributed by atoms with Crippen LogP contribution in [-0.4, -0.2) is 9.13 Å². The van der Waals surface area contributed by atoms with Crippen LogP contribution in [0.4, 0.5) is 0 Å². The topological polar surface area (TPSA) is 153 Å². The second-order valence-corrected chi connectivity index (χ2v) is 14.9. The van der Waals surface area contributed by atoms with Crippen molar-refractivity contribution in [2.24, 2.45) is 0 Å². The minimum absolute atomic E-state index is 0.400. The van der Waals surface area contributed by atoms with E-state index in [0.29, 0.717) is 39.1 Å². The first-order valence-corrected chi connectivity index (χ1v) is 19.5. The predicted octanol–water partition coefficient (Wildman–Crippen LogP) is 12.1. The first kappa shape index (κ1) is 36.6. The summed E-state index contributed by atoms with van der Waals surface area (Å²) in [6.07, 6.45) is 0. The summed E-state index contributed by atoms with van der Waals surface area (Å²) in [6, 6.07) is 63.4. The van der Waals surface area contributed by atoms with E-state index in [-0.39, 0.29) is 0 Å². The molecule has 0 unspecified atom stereocenters. The molecule has 0 saturated carbocycles. The molecule has 0 aliphatic heterocycles. The SMILES string of the molecule is N#Cc1cc(C#N)cc(-c2ccc3c(c2)c2ccccc2n3-c2cc(-c3cccc(C#N)c3)c(-n3c4ccccc4c4cc(-c5cc(C#N)cc(C#N)c5)ccc43)cc2C#N)c1. The lowest BCUT2D eigenvalue weighted by Crippen LogP contribution is -2.04. The van der Waals surface area contributed by atoms with Crippen LogP contribution in [0.15, 0.2) is 158 Å². The van der Waals surface area contributed by atoms with Gasteiger partial charge in [0.05, 0.1) is 97.2 Å². The molecule has 0 spiro atoms. The van der Waals surface area contributed by atoms with Crippen molar-refractivity contribution in [3.05, 3.63) is 191 Å². The number of aromatic nitrogens is 2. The number of benzene rings is 8. The summed E-state index contributed by atoms with van der Waals surface area (Å²) in [4.78, 5) is 0. The maximum Gasteiger partial charge on any atom is 0.101 e. The second kappa shape index (κ2) is 14.6. The van der Waals surface area contributed by atoms with Gasteiger partial charge >= 0.3 is 0 Å². The van der Waals surface area contributed by atoms with E-state index in [1.165, 1.54) is 0 Å². The van der Waals surface area contributed by atoms with Crippen LogP contribution in [0, 0.1) is 68.0 Å². The minimum atomic E-state index is 0.400. The molecule has 0 amide bonds. The summed E-state index contributed by atoms with van der Waals surface area (Å²) in [5.41, 5.74) is 12.2. The molecule has 282 valence electrons. The smallest absolute Gasteiger partial charge is 0.101 e. The highest BCUT2D eigenvalue weighted by Gasteiger charge is 2.23. The van der Waals surface area contributed by atoms with Crippen molar-refractivity contribution in [3.8, 4) is 81.2 Å². The van der Waals surface area contributed by atoms with Gasteiger partial charge in [-0.1, -0.05) is 60.7 Å². The number of hydrogen-bond acceptors (Lipinski definition) is 6. The molecule has 0 fully saturated rings. The van der Waals surface area contributed by atoms with E-state index in [9.17, 15) is 31.6 Å². The molecule has 2 aromatic heterocycles. The van der Waals surface area contributed by atoms with Crippen LogP contribution in [0.3, 0.4) is 0 Å². The summed E-state index contributed by atoms with van der Waals surface area (Å²) in [5.74, 6) is 0. The second-order valence-electron chi connectivity index (χ2n) is 14.9. The fraction of sp³-hybridized carbons (Fsp3) is 0. The average molecular weight is 787 g/mol. The van der Waals surface area contributed by atoms with E-state index in [1.54, 1.807) is 42.5 Å². The number of nitrogens with zero attached hydrogens (tertiary/aromatic N) is 8. The van der Waals surface area contributed by atoms with E-state index in [2.05, 4.69) is 63.7 Å². The molecular formula is C54H26N8. The van der Waals surface area contributed by atoms with Gasteiger partial charge in [-0.15, -0.1) is 0 Å². The average Bonchev–Trinajstić information content (AvgIpc) is 3.85. The summed E-state index contributed by atoms with van der Waals surface area (Å²) >= 11 is 0. The van der Waals surface area contributed by atoms with Crippen molar-refractivity contribution in [2.45, 2.75) is 0 Å². The van der Waals surface area contributed by atoms with E-state index in [1.807, 2.05) is 97.1 Å². The number of para-hydroxylation sites is 2. The predicted molar refractivity (Wildman–Crippen MR) is 240 cm³/mol. The van der Waals surface area contributed by atoms with Gasteiger partial charge in [-0.25, -0.2) is 0 Å². The van der Waals surface area contributed by atoms with Gasteiger partial charge in [0.1, 0.15) is 6.07 Å².